The third-order valence-corrected chi connectivity index (χ3v) is 8.04. The lowest BCUT2D eigenvalue weighted by atomic mass is 10.0. The molecule has 40 heavy (non-hydrogen) atoms. The molecule has 0 spiro atoms. The summed E-state index contributed by atoms with van der Waals surface area (Å²) >= 11 is 12.6. The van der Waals surface area contributed by atoms with Gasteiger partial charge in [-0.25, -0.2) is 8.42 Å². The molecule has 1 unspecified atom stereocenters. The number of carbonyl (C=O) groups is 2. The summed E-state index contributed by atoms with van der Waals surface area (Å²) in [6.07, 6.45) is 1.73. The molecule has 10 heteroatoms. The highest BCUT2D eigenvalue weighted by molar-refractivity contribution is 7.92. The highest BCUT2D eigenvalue weighted by Gasteiger charge is 2.31. The topological polar surface area (TPSA) is 86.8 Å². The molecule has 1 atom stereocenters. The Kier molecular flexibility index (Phi) is 11.4. The van der Waals surface area contributed by atoms with Crippen molar-refractivity contribution in [1.82, 2.24) is 10.2 Å². The maximum Gasteiger partial charge on any atom is 0.243 e. The number of carbonyl (C=O) groups excluding carboxylic acids is 2. The number of amides is 2. The molecule has 1 N–H and O–H groups in total. The number of benzene rings is 3. The smallest absolute Gasteiger partial charge is 0.243 e. The lowest BCUT2D eigenvalue weighted by Gasteiger charge is -2.32. The number of rotatable bonds is 13. The second kappa shape index (κ2) is 14.5. The van der Waals surface area contributed by atoms with Crippen molar-refractivity contribution >= 4 is 50.7 Å². The van der Waals surface area contributed by atoms with Crippen molar-refractivity contribution in [2.45, 2.75) is 51.7 Å². The average Bonchev–Trinajstić information content (AvgIpc) is 2.89. The van der Waals surface area contributed by atoms with Crippen molar-refractivity contribution in [3.05, 3.63) is 100 Å². The van der Waals surface area contributed by atoms with Gasteiger partial charge in [0.1, 0.15) is 6.04 Å². The summed E-state index contributed by atoms with van der Waals surface area (Å²) in [6, 6.07) is 22.3. The molecule has 0 aliphatic carbocycles. The molecule has 0 saturated carbocycles. The largest absolute Gasteiger partial charge is 0.352 e. The van der Waals surface area contributed by atoms with Crippen LogP contribution in [0.15, 0.2) is 78.9 Å². The molecule has 2 amide bonds. The monoisotopic (exact) mass is 603 g/mol. The Morgan fingerprint density at radius 1 is 0.925 bits per heavy atom. The SMILES string of the molecule is CC(C)NC(=O)C(Cc1ccccc1)N(Cc1ccc(Cl)cc1Cl)C(=O)CCCN(c1ccccc1)S(C)(=O)=O. The van der Waals surface area contributed by atoms with Crippen molar-refractivity contribution in [2.75, 3.05) is 17.1 Å². The average molecular weight is 605 g/mol. The highest BCUT2D eigenvalue weighted by atomic mass is 35.5. The third kappa shape index (κ3) is 9.25. The molecule has 0 saturated heterocycles. The van der Waals surface area contributed by atoms with E-state index in [1.54, 1.807) is 42.5 Å². The molecular weight excluding hydrogens is 569 g/mol. The summed E-state index contributed by atoms with van der Waals surface area (Å²) in [7, 11) is -3.56. The van der Waals surface area contributed by atoms with E-state index in [4.69, 9.17) is 23.2 Å². The maximum atomic E-state index is 13.8. The van der Waals surface area contributed by atoms with Crippen molar-refractivity contribution in [2.24, 2.45) is 0 Å². The first-order valence-corrected chi connectivity index (χ1v) is 15.7. The van der Waals surface area contributed by atoms with Crippen LogP contribution in [0.2, 0.25) is 10.0 Å². The van der Waals surface area contributed by atoms with E-state index in [2.05, 4.69) is 5.32 Å². The van der Waals surface area contributed by atoms with E-state index in [0.717, 1.165) is 11.8 Å². The van der Waals surface area contributed by atoms with Gasteiger partial charge in [0.15, 0.2) is 0 Å². The molecule has 3 rings (SSSR count). The summed E-state index contributed by atoms with van der Waals surface area (Å²) < 4.78 is 26.3. The molecule has 7 nitrogen and oxygen atoms in total. The Hall–Kier alpha value is -3.07. The van der Waals surface area contributed by atoms with Crippen molar-refractivity contribution < 1.29 is 18.0 Å². The summed E-state index contributed by atoms with van der Waals surface area (Å²) in [5, 5.41) is 3.80. The van der Waals surface area contributed by atoms with Crippen LogP contribution in [0.3, 0.4) is 0 Å². The van der Waals surface area contributed by atoms with Crippen LogP contribution in [0.4, 0.5) is 5.69 Å². The van der Waals surface area contributed by atoms with Crippen molar-refractivity contribution in [1.29, 1.82) is 0 Å². The van der Waals surface area contributed by atoms with Crippen LogP contribution in [-0.4, -0.2) is 50.0 Å². The first-order valence-electron chi connectivity index (χ1n) is 13.1. The Morgan fingerprint density at radius 2 is 1.55 bits per heavy atom. The molecule has 214 valence electrons. The van der Waals surface area contributed by atoms with E-state index in [9.17, 15) is 18.0 Å². The minimum absolute atomic E-state index is 0.0321. The van der Waals surface area contributed by atoms with Crippen molar-refractivity contribution in [3.8, 4) is 0 Å². The molecule has 0 aromatic heterocycles. The normalized spacial score (nSPS) is 12.2. The van der Waals surface area contributed by atoms with Gasteiger partial charge in [-0.3, -0.25) is 13.9 Å². The number of sulfonamides is 1. The predicted molar refractivity (Wildman–Crippen MR) is 162 cm³/mol. The first kappa shape index (κ1) is 31.5. The van der Waals surface area contributed by atoms with Gasteiger partial charge in [0.05, 0.1) is 11.9 Å². The summed E-state index contributed by atoms with van der Waals surface area (Å²) in [6.45, 7) is 3.93. The number of hydrogen-bond donors (Lipinski definition) is 1. The Balaban J connectivity index is 1.90. The molecule has 3 aromatic carbocycles. The summed E-state index contributed by atoms with van der Waals surface area (Å²) in [5.41, 5.74) is 2.08. The van der Waals surface area contributed by atoms with E-state index >= 15 is 0 Å². The van der Waals surface area contributed by atoms with Crippen LogP contribution in [0, 0.1) is 0 Å². The lowest BCUT2D eigenvalue weighted by molar-refractivity contribution is -0.141. The van der Waals surface area contributed by atoms with Gasteiger partial charge in [-0.15, -0.1) is 0 Å². The fraction of sp³-hybridized carbons (Fsp3) is 0.333. The van der Waals surface area contributed by atoms with Crippen LogP contribution in [0.25, 0.3) is 0 Å². The van der Waals surface area contributed by atoms with Gasteiger partial charge in [0.25, 0.3) is 0 Å². The molecular formula is C30H35Cl2N3O4S. The maximum absolute atomic E-state index is 13.8. The van der Waals surface area contributed by atoms with Gasteiger partial charge in [-0.05, 0) is 55.7 Å². The van der Waals surface area contributed by atoms with Crippen LogP contribution in [0.5, 0.6) is 0 Å². The van der Waals surface area contributed by atoms with Crippen LogP contribution < -0.4 is 9.62 Å². The zero-order valence-corrected chi connectivity index (χ0v) is 25.2. The molecule has 0 heterocycles. The number of anilines is 1. The summed E-state index contributed by atoms with van der Waals surface area (Å²) in [4.78, 5) is 28.8. The number of nitrogens with one attached hydrogen (secondary N) is 1. The van der Waals surface area contributed by atoms with Gasteiger partial charge in [-0.1, -0.05) is 77.8 Å². The fourth-order valence-corrected chi connectivity index (χ4v) is 5.80. The number of para-hydroxylation sites is 1. The summed E-state index contributed by atoms with van der Waals surface area (Å²) in [5.74, 6) is -0.563. The first-order chi connectivity index (χ1) is 19.0. The van der Waals surface area contributed by atoms with Gasteiger partial charge in [-0.2, -0.15) is 0 Å². The zero-order valence-electron chi connectivity index (χ0n) is 22.9. The number of nitrogens with zero attached hydrogens (tertiary/aromatic N) is 2. The minimum Gasteiger partial charge on any atom is -0.352 e. The third-order valence-electron chi connectivity index (χ3n) is 6.25. The molecule has 0 radical (unpaired) electrons. The van der Waals surface area contributed by atoms with Gasteiger partial charge in [0.2, 0.25) is 21.8 Å². The van der Waals surface area contributed by atoms with Gasteiger partial charge in [0, 0.05) is 42.0 Å². The second-order valence-corrected chi connectivity index (χ2v) is 12.7. The molecule has 3 aromatic rings. The highest BCUT2D eigenvalue weighted by Crippen LogP contribution is 2.25. The van der Waals surface area contributed by atoms with Gasteiger partial charge < -0.3 is 10.2 Å². The number of halogens is 2. The van der Waals surface area contributed by atoms with E-state index < -0.39 is 16.1 Å². The van der Waals surface area contributed by atoms with Crippen LogP contribution in [0.1, 0.15) is 37.8 Å². The van der Waals surface area contributed by atoms with Crippen LogP contribution in [-0.2, 0) is 32.6 Å². The molecule has 0 bridgehead atoms. The Labute approximate surface area is 247 Å². The fourth-order valence-electron chi connectivity index (χ4n) is 4.37. The quantitative estimate of drug-likeness (QED) is 0.271. The molecule has 0 fully saturated rings. The van der Waals surface area contributed by atoms with E-state index in [0.29, 0.717) is 27.7 Å². The van der Waals surface area contributed by atoms with Gasteiger partial charge >= 0.3 is 0 Å². The Morgan fingerprint density at radius 3 is 2.12 bits per heavy atom. The lowest BCUT2D eigenvalue weighted by Crippen LogP contribution is -2.51. The molecule has 0 aliphatic rings. The zero-order chi connectivity index (χ0) is 29.3. The van der Waals surface area contributed by atoms with E-state index in [1.165, 1.54) is 9.21 Å². The second-order valence-electron chi connectivity index (χ2n) is 9.90. The van der Waals surface area contributed by atoms with E-state index in [1.807, 2.05) is 50.2 Å². The standard InChI is InChI=1S/C30H35Cl2N3O4S/c1-22(2)33-30(37)28(19-23-11-6-4-7-12-23)34(21-24-16-17-25(31)20-27(24)32)29(36)15-10-18-35(40(3,38)39)26-13-8-5-9-14-26/h4-9,11-14,16-17,20,22,28H,10,15,18-19,21H2,1-3H3,(H,33,37). The number of hydrogen-bond acceptors (Lipinski definition) is 4. The predicted octanol–water partition coefficient (Wildman–Crippen LogP) is 5.70. The molecule has 0 aliphatic heterocycles. The van der Waals surface area contributed by atoms with Crippen molar-refractivity contribution in [3.63, 3.8) is 0 Å². The Bertz CT molecular complexity index is 1390. The van der Waals surface area contributed by atoms with E-state index in [-0.39, 0.29) is 43.8 Å². The van der Waals surface area contributed by atoms with Crippen LogP contribution >= 0.6 is 23.2 Å². The minimum atomic E-state index is -3.56.